The van der Waals surface area contributed by atoms with Crippen LogP contribution in [0.4, 0.5) is 0 Å². The first-order chi connectivity index (χ1) is 7.34. The number of nitrogens with one attached hydrogen (secondary N) is 2. The molecular formula is C11H14N4. The molecule has 15 heavy (non-hydrogen) atoms. The topological polar surface area (TPSA) is 53.6 Å². The molecule has 0 saturated carbocycles. The van der Waals surface area contributed by atoms with E-state index in [4.69, 9.17) is 0 Å². The smallest absolute Gasteiger partial charge is 0.0544 e. The third-order valence-electron chi connectivity index (χ3n) is 2.13. The number of hydrogen-bond acceptors (Lipinski definition) is 3. The third-order valence-corrected chi connectivity index (χ3v) is 2.13. The summed E-state index contributed by atoms with van der Waals surface area (Å²) in [5.41, 5.74) is 3.20. The highest BCUT2D eigenvalue weighted by Gasteiger charge is 1.96. The summed E-state index contributed by atoms with van der Waals surface area (Å²) in [6.45, 7) is 3.56. The van der Waals surface area contributed by atoms with Gasteiger partial charge in [-0.05, 0) is 25.1 Å². The summed E-state index contributed by atoms with van der Waals surface area (Å²) in [5.74, 6) is 0. The lowest BCUT2D eigenvalue weighted by molar-refractivity contribution is 0.664. The Morgan fingerprint density at radius 2 is 2.20 bits per heavy atom. The molecule has 0 bridgehead atoms. The van der Waals surface area contributed by atoms with E-state index >= 15 is 0 Å². The first-order valence-corrected chi connectivity index (χ1v) is 4.96. The average molecular weight is 202 g/mol. The minimum atomic E-state index is 0.778. The number of pyridine rings is 1. The number of hydrogen-bond donors (Lipinski definition) is 2. The lowest BCUT2D eigenvalue weighted by atomic mass is 10.3. The molecule has 0 amide bonds. The minimum Gasteiger partial charge on any atom is -0.306 e. The van der Waals surface area contributed by atoms with Gasteiger partial charge < -0.3 is 5.32 Å². The van der Waals surface area contributed by atoms with E-state index in [1.54, 1.807) is 6.20 Å². The fourth-order valence-corrected chi connectivity index (χ4v) is 1.41. The van der Waals surface area contributed by atoms with Crippen LogP contribution in [-0.4, -0.2) is 15.2 Å². The molecule has 2 heterocycles. The lowest BCUT2D eigenvalue weighted by Gasteiger charge is -2.03. The van der Waals surface area contributed by atoms with E-state index in [9.17, 15) is 0 Å². The molecule has 0 aliphatic heterocycles. The second-order valence-electron chi connectivity index (χ2n) is 3.46. The molecule has 0 aliphatic carbocycles. The van der Waals surface area contributed by atoms with Gasteiger partial charge in [-0.3, -0.25) is 10.1 Å². The van der Waals surface area contributed by atoms with Crippen LogP contribution in [0.5, 0.6) is 0 Å². The standard InChI is InChI=1S/C11H14N4/c1-9-3-2-4-10(14-9)7-12-8-11-5-6-13-15-11/h2-6,12H,7-8H2,1H3,(H,13,15). The van der Waals surface area contributed by atoms with Crippen LogP contribution < -0.4 is 5.32 Å². The second-order valence-corrected chi connectivity index (χ2v) is 3.46. The largest absolute Gasteiger partial charge is 0.306 e. The van der Waals surface area contributed by atoms with Crippen LogP contribution in [0.25, 0.3) is 0 Å². The van der Waals surface area contributed by atoms with E-state index in [0.717, 1.165) is 30.2 Å². The summed E-state index contributed by atoms with van der Waals surface area (Å²) in [5, 5.41) is 10.1. The molecule has 4 nitrogen and oxygen atoms in total. The van der Waals surface area contributed by atoms with Crippen molar-refractivity contribution >= 4 is 0 Å². The molecule has 0 fully saturated rings. The molecule has 78 valence electrons. The number of aromatic amines is 1. The van der Waals surface area contributed by atoms with Gasteiger partial charge in [-0.2, -0.15) is 5.10 Å². The Kier molecular flexibility index (Phi) is 3.09. The Hall–Kier alpha value is -1.68. The molecule has 2 rings (SSSR count). The molecule has 0 saturated heterocycles. The van der Waals surface area contributed by atoms with Crippen molar-refractivity contribution in [1.29, 1.82) is 0 Å². The van der Waals surface area contributed by atoms with Crippen molar-refractivity contribution in [3.8, 4) is 0 Å². The molecule has 0 atom stereocenters. The molecule has 2 aromatic heterocycles. The van der Waals surface area contributed by atoms with Crippen molar-refractivity contribution in [3.05, 3.63) is 47.5 Å². The molecule has 0 aromatic carbocycles. The maximum Gasteiger partial charge on any atom is 0.0544 e. The van der Waals surface area contributed by atoms with Crippen molar-refractivity contribution in [2.45, 2.75) is 20.0 Å². The van der Waals surface area contributed by atoms with Gasteiger partial charge in [-0.15, -0.1) is 0 Å². The van der Waals surface area contributed by atoms with E-state index in [1.165, 1.54) is 0 Å². The summed E-state index contributed by atoms with van der Waals surface area (Å²) >= 11 is 0. The summed E-state index contributed by atoms with van der Waals surface area (Å²) in [6.07, 6.45) is 1.75. The molecule has 2 aromatic rings. The SMILES string of the molecule is Cc1cccc(CNCc2ccn[nH]2)n1. The van der Waals surface area contributed by atoms with Gasteiger partial charge in [0.2, 0.25) is 0 Å². The molecule has 0 unspecified atom stereocenters. The number of aromatic nitrogens is 3. The van der Waals surface area contributed by atoms with Crippen molar-refractivity contribution in [1.82, 2.24) is 20.5 Å². The number of nitrogens with zero attached hydrogens (tertiary/aromatic N) is 2. The Morgan fingerprint density at radius 1 is 1.27 bits per heavy atom. The molecule has 0 radical (unpaired) electrons. The number of H-pyrrole nitrogens is 1. The van der Waals surface area contributed by atoms with Crippen molar-refractivity contribution < 1.29 is 0 Å². The number of rotatable bonds is 4. The minimum absolute atomic E-state index is 0.778. The van der Waals surface area contributed by atoms with Crippen LogP contribution in [0, 0.1) is 6.92 Å². The lowest BCUT2D eigenvalue weighted by Crippen LogP contribution is -2.14. The Balaban J connectivity index is 1.83. The maximum atomic E-state index is 4.40. The monoisotopic (exact) mass is 202 g/mol. The van der Waals surface area contributed by atoms with Gasteiger partial charge in [0, 0.05) is 30.7 Å². The van der Waals surface area contributed by atoms with Crippen LogP contribution in [0.3, 0.4) is 0 Å². The van der Waals surface area contributed by atoms with E-state index in [0.29, 0.717) is 0 Å². The van der Waals surface area contributed by atoms with Gasteiger partial charge in [-0.1, -0.05) is 6.07 Å². The number of aryl methyl sites for hydroxylation is 1. The van der Waals surface area contributed by atoms with Crippen LogP contribution in [0.1, 0.15) is 17.1 Å². The van der Waals surface area contributed by atoms with Crippen molar-refractivity contribution in [2.24, 2.45) is 0 Å². The maximum absolute atomic E-state index is 4.40. The first kappa shape index (κ1) is 9.86. The predicted molar refractivity (Wildman–Crippen MR) is 58.1 cm³/mol. The average Bonchev–Trinajstić information content (AvgIpc) is 2.71. The van der Waals surface area contributed by atoms with E-state index < -0.39 is 0 Å². The Bertz CT molecular complexity index is 408. The van der Waals surface area contributed by atoms with Crippen molar-refractivity contribution in [2.75, 3.05) is 0 Å². The van der Waals surface area contributed by atoms with Crippen molar-refractivity contribution in [3.63, 3.8) is 0 Å². The van der Waals surface area contributed by atoms with E-state index in [1.807, 2.05) is 31.2 Å². The van der Waals surface area contributed by atoms with E-state index in [-0.39, 0.29) is 0 Å². The Morgan fingerprint density at radius 3 is 2.93 bits per heavy atom. The van der Waals surface area contributed by atoms with Crippen LogP contribution >= 0.6 is 0 Å². The van der Waals surface area contributed by atoms with Gasteiger partial charge in [0.25, 0.3) is 0 Å². The third kappa shape index (κ3) is 2.89. The molecule has 0 aliphatic rings. The van der Waals surface area contributed by atoms with Crippen LogP contribution in [0.2, 0.25) is 0 Å². The zero-order chi connectivity index (χ0) is 10.5. The zero-order valence-electron chi connectivity index (χ0n) is 8.70. The van der Waals surface area contributed by atoms with Gasteiger partial charge in [0.15, 0.2) is 0 Å². The highest BCUT2D eigenvalue weighted by molar-refractivity contribution is 5.09. The fourth-order valence-electron chi connectivity index (χ4n) is 1.41. The summed E-state index contributed by atoms with van der Waals surface area (Å²) < 4.78 is 0. The summed E-state index contributed by atoms with van der Waals surface area (Å²) in [4.78, 5) is 4.40. The molecular weight excluding hydrogens is 188 g/mol. The quantitative estimate of drug-likeness (QED) is 0.788. The summed E-state index contributed by atoms with van der Waals surface area (Å²) in [7, 11) is 0. The van der Waals surface area contributed by atoms with Crippen LogP contribution in [0.15, 0.2) is 30.5 Å². The van der Waals surface area contributed by atoms with Gasteiger partial charge in [0.1, 0.15) is 0 Å². The predicted octanol–water partition coefficient (Wildman–Crippen LogP) is 1.40. The molecule has 2 N–H and O–H groups in total. The summed E-state index contributed by atoms with van der Waals surface area (Å²) in [6, 6.07) is 8.00. The van der Waals surface area contributed by atoms with E-state index in [2.05, 4.69) is 20.5 Å². The van der Waals surface area contributed by atoms with Gasteiger partial charge in [-0.25, -0.2) is 0 Å². The first-order valence-electron chi connectivity index (χ1n) is 4.96. The zero-order valence-corrected chi connectivity index (χ0v) is 8.70. The van der Waals surface area contributed by atoms with Gasteiger partial charge in [0.05, 0.1) is 5.69 Å². The second kappa shape index (κ2) is 4.70. The highest BCUT2D eigenvalue weighted by atomic mass is 15.1. The van der Waals surface area contributed by atoms with Gasteiger partial charge >= 0.3 is 0 Å². The highest BCUT2D eigenvalue weighted by Crippen LogP contribution is 1.98. The molecule has 4 heteroatoms. The normalized spacial score (nSPS) is 10.5. The molecule has 0 spiro atoms. The Labute approximate surface area is 88.8 Å². The fraction of sp³-hybridized carbons (Fsp3) is 0.273. The van der Waals surface area contributed by atoms with Crippen LogP contribution in [-0.2, 0) is 13.1 Å².